The molecule has 1 amide bonds. The fourth-order valence-corrected chi connectivity index (χ4v) is 2.29. The third-order valence-electron chi connectivity index (χ3n) is 3.61. The van der Waals surface area contributed by atoms with Gasteiger partial charge in [-0.25, -0.2) is 9.07 Å². The van der Waals surface area contributed by atoms with Crippen LogP contribution >= 0.6 is 0 Å². The minimum absolute atomic E-state index is 0.0487. The van der Waals surface area contributed by atoms with Crippen LogP contribution in [-0.2, 0) is 6.54 Å². The van der Waals surface area contributed by atoms with Crippen LogP contribution in [0.4, 0.5) is 10.3 Å². The Hall–Kier alpha value is -3.82. The molecule has 2 heterocycles. The molecule has 138 valence electrons. The summed E-state index contributed by atoms with van der Waals surface area (Å²) < 4.78 is 19.0. The summed E-state index contributed by atoms with van der Waals surface area (Å²) >= 11 is 0. The minimum Gasteiger partial charge on any atom is -0.395 e. The summed E-state index contributed by atoms with van der Waals surface area (Å²) in [6.45, 7) is 0.121. The lowest BCUT2D eigenvalue weighted by molar-refractivity contribution is -0.402. The van der Waals surface area contributed by atoms with Crippen molar-refractivity contribution in [3.63, 3.8) is 0 Å². The molecule has 0 atom stereocenters. The highest BCUT2D eigenvalue weighted by molar-refractivity contribution is 5.91. The number of benzene rings is 1. The monoisotopic (exact) mass is 372 g/mol. The predicted molar refractivity (Wildman–Crippen MR) is 91.6 cm³/mol. The number of carbonyl (C=O) groups excluding carboxylic acids is 1. The van der Waals surface area contributed by atoms with Crippen molar-refractivity contribution in [2.45, 2.75) is 6.54 Å². The van der Waals surface area contributed by atoms with Gasteiger partial charge in [-0.15, -0.1) is 0 Å². The van der Waals surface area contributed by atoms with Crippen molar-refractivity contribution in [2.75, 3.05) is 6.54 Å². The highest BCUT2D eigenvalue weighted by Crippen LogP contribution is 2.16. The number of amides is 1. The number of nitrogens with zero attached hydrogens (tertiary/aromatic N) is 3. The Morgan fingerprint density at radius 1 is 1.19 bits per heavy atom. The van der Waals surface area contributed by atoms with Crippen molar-refractivity contribution < 1.29 is 18.5 Å². The van der Waals surface area contributed by atoms with Crippen LogP contribution in [0.25, 0.3) is 11.3 Å². The van der Waals surface area contributed by atoms with Gasteiger partial charge in [0.15, 0.2) is 5.76 Å². The van der Waals surface area contributed by atoms with Crippen molar-refractivity contribution in [1.82, 2.24) is 15.1 Å². The van der Waals surface area contributed by atoms with Crippen molar-refractivity contribution >= 4 is 11.8 Å². The molecule has 27 heavy (non-hydrogen) atoms. The first-order valence-electron chi connectivity index (χ1n) is 7.80. The van der Waals surface area contributed by atoms with Gasteiger partial charge in [0.05, 0.1) is 18.3 Å². The third kappa shape index (κ3) is 4.24. The Morgan fingerprint density at radius 3 is 2.59 bits per heavy atom. The largest absolute Gasteiger partial charge is 0.433 e. The Bertz CT molecular complexity index is 1040. The van der Waals surface area contributed by atoms with Gasteiger partial charge in [-0.3, -0.25) is 19.7 Å². The molecule has 0 fully saturated rings. The molecule has 0 radical (unpaired) electrons. The number of aromatic nitrogens is 2. The minimum atomic E-state index is -0.749. The second-order valence-corrected chi connectivity index (χ2v) is 5.44. The van der Waals surface area contributed by atoms with Crippen LogP contribution in [-0.4, -0.2) is 27.2 Å². The first kappa shape index (κ1) is 18.0. The van der Waals surface area contributed by atoms with Crippen molar-refractivity contribution in [2.24, 2.45) is 0 Å². The summed E-state index contributed by atoms with van der Waals surface area (Å²) in [5.41, 5.74) is 0.739. The van der Waals surface area contributed by atoms with E-state index in [2.05, 4.69) is 10.4 Å². The highest BCUT2D eigenvalue weighted by atomic mass is 19.1. The van der Waals surface area contributed by atoms with Crippen LogP contribution in [0.3, 0.4) is 0 Å². The molecule has 0 spiro atoms. The van der Waals surface area contributed by atoms with E-state index in [0.717, 1.165) is 10.7 Å². The molecule has 0 saturated heterocycles. The second-order valence-electron chi connectivity index (χ2n) is 5.44. The summed E-state index contributed by atoms with van der Waals surface area (Å²) in [6, 6.07) is 10.8. The van der Waals surface area contributed by atoms with Crippen LogP contribution in [0.2, 0.25) is 0 Å². The molecule has 0 aliphatic heterocycles. The Balaban J connectivity index is 1.66. The van der Waals surface area contributed by atoms with E-state index in [1.165, 1.54) is 42.5 Å². The van der Waals surface area contributed by atoms with Crippen LogP contribution < -0.4 is 10.9 Å². The number of halogens is 1. The van der Waals surface area contributed by atoms with Crippen LogP contribution in [0, 0.1) is 15.9 Å². The summed E-state index contributed by atoms with van der Waals surface area (Å²) in [5, 5.41) is 17.2. The van der Waals surface area contributed by atoms with Crippen LogP contribution in [0.5, 0.6) is 0 Å². The summed E-state index contributed by atoms with van der Waals surface area (Å²) in [6.07, 6.45) is 0. The SMILES string of the molecule is O=C(NCCn1nc(-c2ccc(F)cc2)ccc1=O)c1ccc([N+](=O)[O-])o1. The van der Waals surface area contributed by atoms with Crippen LogP contribution in [0.15, 0.2) is 57.7 Å². The summed E-state index contributed by atoms with van der Waals surface area (Å²) in [4.78, 5) is 33.6. The quantitative estimate of drug-likeness (QED) is 0.522. The molecule has 3 aromatic rings. The Morgan fingerprint density at radius 2 is 1.93 bits per heavy atom. The zero-order valence-corrected chi connectivity index (χ0v) is 13.8. The van der Waals surface area contributed by atoms with E-state index in [1.807, 2.05) is 0 Å². The smallest absolute Gasteiger partial charge is 0.395 e. The molecule has 0 aliphatic rings. The average Bonchev–Trinajstić information content (AvgIpc) is 3.14. The number of hydrogen-bond acceptors (Lipinski definition) is 6. The molecule has 1 aromatic carbocycles. The molecule has 1 N–H and O–H groups in total. The van der Waals surface area contributed by atoms with Crippen molar-refractivity contribution in [3.8, 4) is 11.3 Å². The first-order valence-corrected chi connectivity index (χ1v) is 7.80. The number of rotatable bonds is 6. The van der Waals surface area contributed by atoms with E-state index in [4.69, 9.17) is 4.42 Å². The Labute approximate surface area is 151 Å². The standard InChI is InChI=1S/C17H13FN4O5/c18-12-3-1-11(2-4-12)13-5-7-15(23)21(20-13)10-9-19-17(24)14-6-8-16(27-14)22(25)26/h1-8H,9-10H2,(H,19,24). The molecule has 9 nitrogen and oxygen atoms in total. The van der Waals surface area contributed by atoms with E-state index in [9.17, 15) is 24.1 Å². The van der Waals surface area contributed by atoms with Gasteiger partial charge in [0.1, 0.15) is 10.7 Å². The van der Waals surface area contributed by atoms with Gasteiger partial charge in [-0.1, -0.05) is 0 Å². The van der Waals surface area contributed by atoms with E-state index >= 15 is 0 Å². The van der Waals surface area contributed by atoms with Gasteiger partial charge in [0, 0.05) is 18.2 Å². The molecule has 2 aromatic heterocycles. The third-order valence-corrected chi connectivity index (χ3v) is 3.61. The fraction of sp³-hybridized carbons (Fsp3) is 0.118. The molecule has 0 bridgehead atoms. The van der Waals surface area contributed by atoms with Crippen molar-refractivity contribution in [3.05, 3.63) is 80.6 Å². The number of hydrogen-bond donors (Lipinski definition) is 1. The summed E-state index contributed by atoms with van der Waals surface area (Å²) in [7, 11) is 0. The summed E-state index contributed by atoms with van der Waals surface area (Å²) in [5.74, 6) is -1.77. The Kier molecular flexibility index (Phi) is 5.06. The average molecular weight is 372 g/mol. The lowest BCUT2D eigenvalue weighted by Crippen LogP contribution is -2.31. The van der Waals surface area contributed by atoms with E-state index < -0.39 is 16.7 Å². The molecule has 0 aliphatic carbocycles. The lowest BCUT2D eigenvalue weighted by Gasteiger charge is -2.08. The van der Waals surface area contributed by atoms with E-state index in [-0.39, 0.29) is 30.2 Å². The van der Waals surface area contributed by atoms with E-state index in [1.54, 1.807) is 0 Å². The molecule has 0 unspecified atom stereocenters. The van der Waals surface area contributed by atoms with Gasteiger partial charge < -0.3 is 9.73 Å². The van der Waals surface area contributed by atoms with Gasteiger partial charge in [-0.05, 0) is 36.4 Å². The van der Waals surface area contributed by atoms with Gasteiger partial charge in [0.2, 0.25) is 0 Å². The molecular weight excluding hydrogens is 359 g/mol. The maximum Gasteiger partial charge on any atom is 0.433 e. The maximum absolute atomic E-state index is 13.0. The van der Waals surface area contributed by atoms with E-state index in [0.29, 0.717) is 11.3 Å². The normalized spacial score (nSPS) is 10.6. The number of carbonyl (C=O) groups is 1. The van der Waals surface area contributed by atoms with Gasteiger partial charge in [0.25, 0.3) is 11.5 Å². The molecule has 0 saturated carbocycles. The number of furan rings is 1. The van der Waals surface area contributed by atoms with Crippen molar-refractivity contribution in [1.29, 1.82) is 0 Å². The molecule has 3 rings (SSSR count). The fourth-order valence-electron chi connectivity index (χ4n) is 2.29. The number of nitro groups is 1. The van der Waals surface area contributed by atoms with Gasteiger partial charge >= 0.3 is 5.88 Å². The lowest BCUT2D eigenvalue weighted by atomic mass is 10.1. The topological polar surface area (TPSA) is 120 Å². The predicted octanol–water partition coefficient (Wildman–Crippen LogP) is 1.98. The first-order chi connectivity index (χ1) is 12.9. The number of nitrogens with one attached hydrogen (secondary N) is 1. The highest BCUT2D eigenvalue weighted by Gasteiger charge is 2.16. The zero-order chi connectivity index (χ0) is 19.4. The second kappa shape index (κ2) is 7.60. The van der Waals surface area contributed by atoms with Gasteiger partial charge in [-0.2, -0.15) is 5.10 Å². The van der Waals surface area contributed by atoms with Crippen LogP contribution in [0.1, 0.15) is 10.6 Å². The molecule has 10 heteroatoms. The molecular formula is C17H13FN4O5. The zero-order valence-electron chi connectivity index (χ0n) is 13.8. The maximum atomic E-state index is 13.0.